The number of benzene rings is 1. The molecule has 2 N–H and O–H groups in total. The molecule has 0 spiro atoms. The molecular weight excluding hydrogens is 240 g/mol. The summed E-state index contributed by atoms with van der Waals surface area (Å²) in [5.41, 5.74) is 2.56. The molecule has 0 aliphatic carbocycles. The van der Waals surface area contributed by atoms with Crippen molar-refractivity contribution in [2.45, 2.75) is 38.4 Å². The summed E-state index contributed by atoms with van der Waals surface area (Å²) in [4.78, 5) is 12.2. The van der Waals surface area contributed by atoms with Gasteiger partial charge in [-0.3, -0.25) is 4.79 Å². The van der Waals surface area contributed by atoms with E-state index in [2.05, 4.69) is 22.8 Å². The lowest BCUT2D eigenvalue weighted by Gasteiger charge is -2.26. The number of rotatable bonds is 5. The largest absolute Gasteiger partial charge is 0.385 e. The standard InChI is InChI=1S/C15H22N2O2/c1-11(7-8-19-2)17-15(18)14-9-12-5-3-4-6-13(12)10-16-14/h3-6,11,14,16H,7-10H2,1-2H3,(H,17,18)/t11?,14-/m1/s1. The number of hydrogen-bond donors (Lipinski definition) is 2. The zero-order valence-electron chi connectivity index (χ0n) is 11.6. The Morgan fingerprint density at radius 1 is 1.47 bits per heavy atom. The van der Waals surface area contributed by atoms with Gasteiger partial charge in [0.05, 0.1) is 6.04 Å². The van der Waals surface area contributed by atoms with Crippen LogP contribution in [0.25, 0.3) is 0 Å². The number of fused-ring (bicyclic) bond motifs is 1. The highest BCUT2D eigenvalue weighted by molar-refractivity contribution is 5.82. The number of carbonyl (C=O) groups excluding carboxylic acids is 1. The molecule has 4 nitrogen and oxygen atoms in total. The fourth-order valence-corrected chi connectivity index (χ4v) is 2.35. The summed E-state index contributed by atoms with van der Waals surface area (Å²) < 4.78 is 5.02. The van der Waals surface area contributed by atoms with Crippen LogP contribution in [0, 0.1) is 0 Å². The van der Waals surface area contributed by atoms with Gasteiger partial charge in [-0.15, -0.1) is 0 Å². The third-order valence-corrected chi connectivity index (χ3v) is 3.54. The SMILES string of the molecule is COCCC(C)NC(=O)[C@H]1Cc2ccccc2CN1. The second-order valence-electron chi connectivity index (χ2n) is 5.10. The summed E-state index contributed by atoms with van der Waals surface area (Å²) in [5, 5.41) is 6.33. The maximum Gasteiger partial charge on any atom is 0.237 e. The van der Waals surface area contributed by atoms with Crippen molar-refractivity contribution in [2.24, 2.45) is 0 Å². The highest BCUT2D eigenvalue weighted by Crippen LogP contribution is 2.16. The van der Waals surface area contributed by atoms with E-state index in [4.69, 9.17) is 4.74 Å². The van der Waals surface area contributed by atoms with Gasteiger partial charge < -0.3 is 15.4 Å². The maximum atomic E-state index is 12.2. The summed E-state index contributed by atoms with van der Waals surface area (Å²) >= 11 is 0. The second-order valence-corrected chi connectivity index (χ2v) is 5.10. The van der Waals surface area contributed by atoms with Crippen molar-refractivity contribution in [1.82, 2.24) is 10.6 Å². The third-order valence-electron chi connectivity index (χ3n) is 3.54. The topological polar surface area (TPSA) is 50.4 Å². The minimum Gasteiger partial charge on any atom is -0.385 e. The number of hydrogen-bond acceptors (Lipinski definition) is 3. The maximum absolute atomic E-state index is 12.2. The molecule has 0 fully saturated rings. The van der Waals surface area contributed by atoms with Crippen molar-refractivity contribution in [3.8, 4) is 0 Å². The Hall–Kier alpha value is -1.39. The molecule has 19 heavy (non-hydrogen) atoms. The number of amides is 1. The van der Waals surface area contributed by atoms with Gasteiger partial charge in [-0.05, 0) is 30.9 Å². The van der Waals surface area contributed by atoms with E-state index >= 15 is 0 Å². The van der Waals surface area contributed by atoms with Crippen LogP contribution in [0.2, 0.25) is 0 Å². The van der Waals surface area contributed by atoms with E-state index in [0.717, 1.165) is 19.4 Å². The molecule has 2 rings (SSSR count). The van der Waals surface area contributed by atoms with Crippen LogP contribution >= 0.6 is 0 Å². The lowest BCUT2D eigenvalue weighted by molar-refractivity contribution is -0.124. The van der Waals surface area contributed by atoms with Gasteiger partial charge in [-0.25, -0.2) is 0 Å². The van der Waals surface area contributed by atoms with Crippen molar-refractivity contribution < 1.29 is 9.53 Å². The molecule has 104 valence electrons. The quantitative estimate of drug-likeness (QED) is 0.839. The lowest BCUT2D eigenvalue weighted by atomic mass is 9.95. The number of carbonyl (C=O) groups is 1. The van der Waals surface area contributed by atoms with Crippen LogP contribution < -0.4 is 10.6 Å². The van der Waals surface area contributed by atoms with Crippen LogP contribution in [0.1, 0.15) is 24.5 Å². The first-order valence-corrected chi connectivity index (χ1v) is 6.80. The van der Waals surface area contributed by atoms with Crippen LogP contribution in [0.4, 0.5) is 0 Å². The molecule has 2 atom stereocenters. The van der Waals surface area contributed by atoms with Crippen LogP contribution in [-0.4, -0.2) is 31.7 Å². The molecule has 1 amide bonds. The van der Waals surface area contributed by atoms with E-state index in [-0.39, 0.29) is 18.0 Å². The van der Waals surface area contributed by atoms with Gasteiger partial charge in [0.25, 0.3) is 0 Å². The smallest absolute Gasteiger partial charge is 0.237 e. The summed E-state index contributed by atoms with van der Waals surface area (Å²) in [6, 6.07) is 8.29. The summed E-state index contributed by atoms with van der Waals surface area (Å²) in [6.07, 6.45) is 1.60. The first kappa shape index (κ1) is 14.0. The molecule has 1 aromatic rings. The van der Waals surface area contributed by atoms with Gasteiger partial charge in [0.15, 0.2) is 0 Å². The zero-order valence-corrected chi connectivity index (χ0v) is 11.6. The minimum absolute atomic E-state index is 0.0816. The highest BCUT2D eigenvalue weighted by atomic mass is 16.5. The molecule has 4 heteroatoms. The molecule has 0 saturated heterocycles. The Labute approximate surface area is 114 Å². The van der Waals surface area contributed by atoms with Crippen molar-refractivity contribution in [1.29, 1.82) is 0 Å². The van der Waals surface area contributed by atoms with Crippen molar-refractivity contribution in [3.05, 3.63) is 35.4 Å². The number of ether oxygens (including phenoxy) is 1. The van der Waals surface area contributed by atoms with E-state index < -0.39 is 0 Å². The van der Waals surface area contributed by atoms with Crippen LogP contribution in [0.5, 0.6) is 0 Å². The Balaban J connectivity index is 1.88. The normalized spacial score (nSPS) is 19.6. The van der Waals surface area contributed by atoms with Gasteiger partial charge in [0.1, 0.15) is 0 Å². The summed E-state index contributed by atoms with van der Waals surface area (Å²) in [7, 11) is 1.67. The number of methoxy groups -OCH3 is 1. The van der Waals surface area contributed by atoms with E-state index in [1.54, 1.807) is 7.11 Å². The zero-order chi connectivity index (χ0) is 13.7. The van der Waals surface area contributed by atoms with Gasteiger partial charge in [0.2, 0.25) is 5.91 Å². The van der Waals surface area contributed by atoms with E-state index in [1.165, 1.54) is 11.1 Å². The van der Waals surface area contributed by atoms with Crippen molar-refractivity contribution in [3.63, 3.8) is 0 Å². The average Bonchev–Trinajstić information content (AvgIpc) is 2.44. The van der Waals surface area contributed by atoms with Crippen LogP contribution in [-0.2, 0) is 22.5 Å². The Bertz CT molecular complexity index is 434. The molecule has 0 radical (unpaired) electrons. The Kier molecular flexibility index (Phi) is 4.93. The van der Waals surface area contributed by atoms with Gasteiger partial charge >= 0.3 is 0 Å². The minimum atomic E-state index is -0.125. The van der Waals surface area contributed by atoms with Crippen LogP contribution in [0.3, 0.4) is 0 Å². The second kappa shape index (κ2) is 6.68. The van der Waals surface area contributed by atoms with E-state index in [9.17, 15) is 4.79 Å². The predicted molar refractivity (Wildman–Crippen MR) is 74.9 cm³/mol. The first-order valence-electron chi connectivity index (χ1n) is 6.80. The fraction of sp³-hybridized carbons (Fsp3) is 0.533. The number of nitrogens with one attached hydrogen (secondary N) is 2. The van der Waals surface area contributed by atoms with Gasteiger partial charge in [-0.1, -0.05) is 24.3 Å². The highest BCUT2D eigenvalue weighted by Gasteiger charge is 2.24. The molecule has 1 heterocycles. The molecule has 0 aromatic heterocycles. The summed E-state index contributed by atoms with van der Waals surface area (Å²) in [5.74, 6) is 0.0816. The predicted octanol–water partition coefficient (Wildman–Crippen LogP) is 1.24. The molecule has 1 aromatic carbocycles. The molecular formula is C15H22N2O2. The van der Waals surface area contributed by atoms with Gasteiger partial charge in [-0.2, -0.15) is 0 Å². The Morgan fingerprint density at radius 2 is 2.21 bits per heavy atom. The van der Waals surface area contributed by atoms with Gasteiger partial charge in [0, 0.05) is 26.3 Å². The third kappa shape index (κ3) is 3.78. The molecule has 1 aliphatic rings. The molecule has 1 aliphatic heterocycles. The van der Waals surface area contributed by atoms with E-state index in [0.29, 0.717) is 6.61 Å². The fourth-order valence-electron chi connectivity index (χ4n) is 2.35. The molecule has 0 bridgehead atoms. The lowest BCUT2D eigenvalue weighted by Crippen LogP contribution is -2.50. The summed E-state index contributed by atoms with van der Waals surface area (Å²) in [6.45, 7) is 3.44. The van der Waals surface area contributed by atoms with Crippen molar-refractivity contribution >= 4 is 5.91 Å². The molecule has 1 unspecified atom stereocenters. The van der Waals surface area contributed by atoms with Crippen molar-refractivity contribution in [2.75, 3.05) is 13.7 Å². The van der Waals surface area contributed by atoms with Crippen LogP contribution in [0.15, 0.2) is 24.3 Å². The monoisotopic (exact) mass is 262 g/mol. The van der Waals surface area contributed by atoms with E-state index in [1.807, 2.05) is 19.1 Å². The average molecular weight is 262 g/mol. The first-order chi connectivity index (χ1) is 9.20. The Morgan fingerprint density at radius 3 is 2.95 bits per heavy atom. The molecule has 0 saturated carbocycles.